The van der Waals surface area contributed by atoms with E-state index >= 15 is 0 Å². The predicted molar refractivity (Wildman–Crippen MR) is 288 cm³/mol. The van der Waals surface area contributed by atoms with Gasteiger partial charge in [0.1, 0.15) is 41.4 Å². The first kappa shape index (κ1) is 59.9. The van der Waals surface area contributed by atoms with Crippen LogP contribution in [0.25, 0.3) is 0 Å². The first-order valence-corrected chi connectivity index (χ1v) is 26.2. The van der Waals surface area contributed by atoms with Crippen LogP contribution in [0.15, 0.2) is 72.8 Å². The van der Waals surface area contributed by atoms with Crippen LogP contribution in [0.1, 0.15) is 140 Å². The maximum Gasteiger partial charge on any atom is 0.410 e. The van der Waals surface area contributed by atoms with Gasteiger partial charge in [0.2, 0.25) is 23.6 Å². The Bertz CT molecular complexity index is 2560. The fourth-order valence-corrected chi connectivity index (χ4v) is 9.10. The number of nitrogens with zero attached hydrogens (tertiary/aromatic N) is 3. The predicted octanol–water partition coefficient (Wildman–Crippen LogP) is 6.61. The minimum absolute atomic E-state index is 0.0151. The number of amides is 7. The number of hydrogen-bond acceptors (Lipinski definition) is 11. The van der Waals surface area contributed by atoms with Crippen molar-refractivity contribution >= 4 is 47.7 Å². The lowest BCUT2D eigenvalue weighted by Crippen LogP contribution is -2.60. The summed E-state index contributed by atoms with van der Waals surface area (Å²) < 4.78 is 15.8. The second-order valence-corrected chi connectivity index (χ2v) is 23.2. The molecular formula is C58H81N7O11. The lowest BCUT2D eigenvalue weighted by molar-refractivity contribution is -0.145. The van der Waals surface area contributed by atoms with Crippen molar-refractivity contribution in [1.29, 1.82) is 0 Å². The lowest BCUT2D eigenvalue weighted by atomic mass is 9.85. The molecule has 1 fully saturated rings. The maximum absolute atomic E-state index is 14.8. The van der Waals surface area contributed by atoms with Crippen molar-refractivity contribution in [1.82, 2.24) is 36.0 Å². The van der Waals surface area contributed by atoms with Gasteiger partial charge in [0, 0.05) is 38.7 Å². The molecule has 3 aromatic rings. The molecule has 1 aliphatic heterocycles. The highest BCUT2D eigenvalue weighted by molar-refractivity contribution is 5.97. The Morgan fingerprint density at radius 3 is 1.72 bits per heavy atom. The first-order chi connectivity index (χ1) is 35.5. The van der Waals surface area contributed by atoms with Crippen LogP contribution in [0.4, 0.5) is 9.59 Å². The topological polar surface area (TPSA) is 222 Å². The maximum atomic E-state index is 14.8. The molecular weight excluding hydrogens is 971 g/mol. The van der Waals surface area contributed by atoms with Gasteiger partial charge in [-0.15, -0.1) is 0 Å². The second-order valence-electron chi connectivity index (χ2n) is 23.2. The van der Waals surface area contributed by atoms with Crippen molar-refractivity contribution in [3.8, 4) is 0 Å². The number of benzene rings is 3. The van der Waals surface area contributed by atoms with Gasteiger partial charge >= 0.3 is 18.2 Å². The van der Waals surface area contributed by atoms with E-state index in [9.17, 15) is 38.4 Å². The number of aryl methyl sites for hydroxylation is 3. The summed E-state index contributed by atoms with van der Waals surface area (Å²) >= 11 is 0. The van der Waals surface area contributed by atoms with E-state index in [-0.39, 0.29) is 37.2 Å². The van der Waals surface area contributed by atoms with E-state index in [1.54, 1.807) is 67.5 Å². The van der Waals surface area contributed by atoms with Crippen LogP contribution in [-0.4, -0.2) is 138 Å². The van der Waals surface area contributed by atoms with Gasteiger partial charge < -0.3 is 40.4 Å². The highest BCUT2D eigenvalue weighted by Gasteiger charge is 2.46. The summed E-state index contributed by atoms with van der Waals surface area (Å²) in [5, 5.41) is 11.9. The molecule has 2 aliphatic rings. The van der Waals surface area contributed by atoms with Gasteiger partial charge in [0.25, 0.3) is 5.91 Å². The number of esters is 1. The molecule has 1 aliphatic carbocycles. The molecule has 18 nitrogen and oxygen atoms in total. The smallest absolute Gasteiger partial charge is 0.410 e. The molecule has 3 aromatic carbocycles. The van der Waals surface area contributed by atoms with Crippen molar-refractivity contribution in [3.05, 3.63) is 106 Å². The standard InChI is InChI=1S/C58H81N7O11/c1-35(63(12)54(72)75-57(6,7)8)48(66)61-45(53(71)74-14)32-39-26-24-37(25-27-39)22-23-38-28-30-41(31-29-38)50(68)59-42-33-46(51(69)60-44-21-17-19-40-18-15-16-20-43(40)44)65(34-42)52(70)47(56(3,4)5)62-49(67)36(2)64(13)55(73)76-58(9,10)11/h15-16,18,20,24-31,35-36,42,44-47H,17,19,21-23,32-34H2,1-14H3,(H,59,68)(H,60,69)(H,61,66)(H,62,67)/t35-,36-,42-,44+,45-,46-,47+/m0/s1. The molecule has 18 heteroatoms. The molecule has 76 heavy (non-hydrogen) atoms. The molecule has 7 amide bonds. The van der Waals surface area contributed by atoms with E-state index in [0.717, 1.165) is 47.1 Å². The number of likely N-dealkylation sites (N-methyl/N-ethyl adjacent to an activating group) is 2. The van der Waals surface area contributed by atoms with Gasteiger partial charge in [-0.05, 0) is 139 Å². The largest absolute Gasteiger partial charge is 0.467 e. The van der Waals surface area contributed by atoms with E-state index in [2.05, 4.69) is 27.3 Å². The molecule has 0 bridgehead atoms. The Balaban J connectivity index is 1.24. The van der Waals surface area contributed by atoms with Crippen LogP contribution >= 0.6 is 0 Å². The summed E-state index contributed by atoms with van der Waals surface area (Å²) in [6.07, 6.45) is 2.80. The van der Waals surface area contributed by atoms with Gasteiger partial charge in [-0.3, -0.25) is 33.8 Å². The molecule has 1 saturated heterocycles. The van der Waals surface area contributed by atoms with Crippen molar-refractivity contribution in [3.63, 3.8) is 0 Å². The number of carbonyl (C=O) groups is 8. The van der Waals surface area contributed by atoms with Crippen molar-refractivity contribution in [2.24, 2.45) is 5.41 Å². The molecule has 1 heterocycles. The number of carbonyl (C=O) groups excluding carboxylic acids is 8. The van der Waals surface area contributed by atoms with Gasteiger partial charge in [0.05, 0.1) is 13.2 Å². The minimum Gasteiger partial charge on any atom is -0.467 e. The summed E-state index contributed by atoms with van der Waals surface area (Å²) in [5.41, 5.74) is 3.04. The number of rotatable bonds is 17. The molecule has 0 saturated carbocycles. The van der Waals surface area contributed by atoms with Gasteiger partial charge in [0.15, 0.2) is 0 Å². The Morgan fingerprint density at radius 2 is 1.20 bits per heavy atom. The Labute approximate surface area is 448 Å². The quantitative estimate of drug-likeness (QED) is 0.0833. The Morgan fingerprint density at radius 1 is 0.684 bits per heavy atom. The SMILES string of the molecule is COC(=O)[C@H](Cc1ccc(CCc2ccc(C(=O)N[C@H]3C[C@@H](C(=O)N[C@@H]4CCCc5ccccc54)N(C(=O)[C@@H](NC(=O)[C@H](C)N(C)C(=O)OC(C)(C)C)C(C)(C)C)C3)cc2)cc1)NC(=O)[C@H](C)N(C)C(=O)OC(C)(C)C. The van der Waals surface area contributed by atoms with E-state index in [1.807, 2.05) is 75.4 Å². The van der Waals surface area contributed by atoms with Crippen LogP contribution in [0.5, 0.6) is 0 Å². The third-order valence-electron chi connectivity index (χ3n) is 13.8. The van der Waals surface area contributed by atoms with Crippen LogP contribution in [0.3, 0.4) is 0 Å². The molecule has 4 N–H and O–H groups in total. The van der Waals surface area contributed by atoms with E-state index in [4.69, 9.17) is 14.2 Å². The molecule has 0 aromatic heterocycles. The average Bonchev–Trinajstić information content (AvgIpc) is 3.78. The van der Waals surface area contributed by atoms with Gasteiger partial charge in [-0.25, -0.2) is 14.4 Å². The van der Waals surface area contributed by atoms with Gasteiger partial charge in [-0.1, -0.05) is 81.4 Å². The van der Waals surface area contributed by atoms with Crippen LogP contribution in [0, 0.1) is 5.41 Å². The third-order valence-corrected chi connectivity index (χ3v) is 13.8. The number of likely N-dealkylation sites (tertiary alicyclic amines) is 1. The number of hydrogen-bond donors (Lipinski definition) is 4. The average molecular weight is 1050 g/mol. The highest BCUT2D eigenvalue weighted by Crippen LogP contribution is 2.32. The number of fused-ring (bicyclic) bond motifs is 1. The van der Waals surface area contributed by atoms with Crippen molar-refractivity contribution < 1.29 is 52.6 Å². The van der Waals surface area contributed by atoms with Crippen molar-refractivity contribution in [2.45, 2.75) is 175 Å². The minimum atomic E-state index is -1.10. The molecule has 0 radical (unpaired) electrons. The monoisotopic (exact) mass is 1050 g/mol. The van der Waals surface area contributed by atoms with Crippen LogP contribution in [-0.2, 0) is 63.9 Å². The third kappa shape index (κ3) is 16.5. The van der Waals surface area contributed by atoms with Crippen LogP contribution in [0.2, 0.25) is 0 Å². The molecule has 0 unspecified atom stereocenters. The van der Waals surface area contributed by atoms with Crippen LogP contribution < -0.4 is 21.3 Å². The van der Waals surface area contributed by atoms with E-state index in [1.165, 1.54) is 35.9 Å². The fourth-order valence-electron chi connectivity index (χ4n) is 9.10. The summed E-state index contributed by atoms with van der Waals surface area (Å²) in [4.78, 5) is 112. The molecule has 7 atom stereocenters. The highest BCUT2D eigenvalue weighted by atomic mass is 16.6. The molecule has 414 valence electrons. The zero-order valence-corrected chi connectivity index (χ0v) is 47.0. The van der Waals surface area contributed by atoms with Crippen molar-refractivity contribution in [2.75, 3.05) is 27.7 Å². The van der Waals surface area contributed by atoms with Gasteiger partial charge in [-0.2, -0.15) is 0 Å². The number of nitrogens with one attached hydrogen (secondary N) is 4. The number of methoxy groups -OCH3 is 1. The zero-order valence-electron chi connectivity index (χ0n) is 47.0. The fraction of sp³-hybridized carbons (Fsp3) is 0.552. The summed E-state index contributed by atoms with van der Waals surface area (Å²) in [5.74, 6) is -2.95. The summed E-state index contributed by atoms with van der Waals surface area (Å²) in [6.45, 7) is 18.9. The summed E-state index contributed by atoms with van der Waals surface area (Å²) in [6, 6.07) is 17.1. The molecule has 5 rings (SSSR count). The van der Waals surface area contributed by atoms with E-state index < -0.39 is 88.7 Å². The number of ether oxygens (including phenoxy) is 3. The Hall–Kier alpha value is -6.98. The zero-order chi connectivity index (χ0) is 56.4. The Kier molecular flexibility index (Phi) is 19.9. The lowest BCUT2D eigenvalue weighted by Gasteiger charge is -2.37. The second kappa shape index (κ2) is 25.2. The summed E-state index contributed by atoms with van der Waals surface area (Å²) in [7, 11) is 4.16. The normalized spacial score (nSPS) is 18.1. The first-order valence-electron chi connectivity index (χ1n) is 26.2. The molecule has 0 spiro atoms. The van der Waals surface area contributed by atoms with E-state index in [0.29, 0.717) is 18.4 Å².